The Kier molecular flexibility index (Phi) is 5.72. The molecule has 2 aromatic rings. The van der Waals surface area contributed by atoms with E-state index >= 15 is 0 Å². The third kappa shape index (κ3) is 3.77. The molecule has 4 rings (SSSR count). The summed E-state index contributed by atoms with van der Waals surface area (Å²) in [4.78, 5) is 32.2. The molecule has 7 heteroatoms. The molecule has 1 saturated heterocycles. The Bertz CT molecular complexity index is 1030. The largest absolute Gasteiger partial charge is 0.457 e. The summed E-state index contributed by atoms with van der Waals surface area (Å²) < 4.78 is 19.1. The van der Waals surface area contributed by atoms with Crippen LogP contribution in [0, 0.1) is 5.82 Å². The third-order valence-electron chi connectivity index (χ3n) is 5.14. The summed E-state index contributed by atoms with van der Waals surface area (Å²) in [6.07, 6.45) is 0.655. The molecule has 0 bridgehead atoms. The molecule has 2 aromatic carbocycles. The lowest BCUT2D eigenvalue weighted by atomic mass is 9.94. The Morgan fingerprint density at radius 2 is 1.87 bits per heavy atom. The minimum absolute atomic E-state index is 0.101. The summed E-state index contributed by atoms with van der Waals surface area (Å²) in [5.74, 6) is -1.02. The van der Waals surface area contributed by atoms with Gasteiger partial charge in [0.05, 0.1) is 22.6 Å². The minimum Gasteiger partial charge on any atom is -0.457 e. The number of rotatable bonds is 5. The second-order valence-electron chi connectivity index (χ2n) is 7.13. The molecule has 1 fully saturated rings. The van der Waals surface area contributed by atoms with Crippen LogP contribution in [0.15, 0.2) is 70.9 Å². The van der Waals surface area contributed by atoms with Crippen molar-refractivity contribution in [2.24, 2.45) is 4.99 Å². The van der Waals surface area contributed by atoms with E-state index < -0.39 is 12.0 Å². The van der Waals surface area contributed by atoms with Gasteiger partial charge >= 0.3 is 5.97 Å². The quantitative estimate of drug-likeness (QED) is 0.658. The number of benzene rings is 2. The van der Waals surface area contributed by atoms with Crippen LogP contribution in [0.5, 0.6) is 0 Å². The fourth-order valence-corrected chi connectivity index (χ4v) is 4.75. The van der Waals surface area contributed by atoms with E-state index in [-0.39, 0.29) is 23.6 Å². The molecular formula is C23H21FN2O3S. The third-order valence-corrected chi connectivity index (χ3v) is 6.46. The highest BCUT2D eigenvalue weighted by Gasteiger charge is 2.47. The van der Waals surface area contributed by atoms with E-state index in [9.17, 15) is 14.0 Å². The van der Waals surface area contributed by atoms with Crippen LogP contribution in [-0.4, -0.2) is 27.2 Å². The lowest BCUT2D eigenvalue weighted by Gasteiger charge is -2.33. The summed E-state index contributed by atoms with van der Waals surface area (Å²) in [5, 5.41) is 0.317. The first-order valence-corrected chi connectivity index (χ1v) is 10.6. The molecule has 154 valence electrons. The number of amidine groups is 1. The molecule has 0 spiro atoms. The predicted octanol–water partition coefficient (Wildman–Crippen LogP) is 4.61. The highest BCUT2D eigenvalue weighted by molar-refractivity contribution is 8.15. The summed E-state index contributed by atoms with van der Waals surface area (Å²) in [5.41, 5.74) is 2.31. The molecule has 2 heterocycles. The van der Waals surface area contributed by atoms with E-state index in [1.54, 1.807) is 24.0 Å². The fourth-order valence-electron chi connectivity index (χ4n) is 3.61. The number of fused-ring (bicyclic) bond motifs is 1. The average Bonchev–Trinajstić information content (AvgIpc) is 3.07. The molecule has 0 aromatic heterocycles. The summed E-state index contributed by atoms with van der Waals surface area (Å²) >= 11 is 1.40. The maximum Gasteiger partial charge on any atom is 0.338 e. The molecule has 2 aliphatic rings. The van der Waals surface area contributed by atoms with Gasteiger partial charge in [-0.2, -0.15) is 0 Å². The average molecular weight is 424 g/mol. The van der Waals surface area contributed by atoms with Crippen molar-refractivity contribution in [2.45, 2.75) is 38.2 Å². The van der Waals surface area contributed by atoms with Crippen molar-refractivity contribution in [1.29, 1.82) is 0 Å². The number of carbonyl (C=O) groups excluding carboxylic acids is 2. The number of nitrogens with zero attached hydrogens (tertiary/aromatic N) is 2. The van der Waals surface area contributed by atoms with E-state index in [1.165, 1.54) is 23.9 Å². The standard InChI is InChI=1S/C23H21FN2O3S/c1-3-18-21(27)26-20(16-9-11-17(24)12-10-16)19(14(2)25-23(26)30-18)22(28)29-13-15-7-5-4-6-8-15/h4-12,18,20H,3,13H2,1-2H3/t18-,20+/m1/s1. The van der Waals surface area contributed by atoms with Gasteiger partial charge in [-0.25, -0.2) is 14.2 Å². The first-order valence-electron chi connectivity index (χ1n) is 9.75. The Morgan fingerprint density at radius 1 is 1.17 bits per heavy atom. The summed E-state index contributed by atoms with van der Waals surface area (Å²) in [6, 6.07) is 14.5. The van der Waals surface area contributed by atoms with Crippen LogP contribution in [0.3, 0.4) is 0 Å². The molecule has 1 amide bonds. The number of aliphatic imine (C=N–C) groups is 1. The highest BCUT2D eigenvalue weighted by Crippen LogP contribution is 2.44. The number of hydrogen-bond donors (Lipinski definition) is 0. The number of thioether (sulfide) groups is 1. The number of halogens is 1. The van der Waals surface area contributed by atoms with Crippen molar-refractivity contribution >= 4 is 28.8 Å². The molecule has 30 heavy (non-hydrogen) atoms. The van der Waals surface area contributed by atoms with Gasteiger partial charge in [0.25, 0.3) is 0 Å². The zero-order valence-corrected chi connectivity index (χ0v) is 17.5. The molecule has 0 unspecified atom stereocenters. The lowest BCUT2D eigenvalue weighted by Crippen LogP contribution is -2.40. The molecule has 5 nitrogen and oxygen atoms in total. The van der Waals surface area contributed by atoms with Gasteiger partial charge in [0, 0.05) is 0 Å². The second kappa shape index (κ2) is 8.44. The van der Waals surface area contributed by atoms with E-state index in [2.05, 4.69) is 4.99 Å². The second-order valence-corrected chi connectivity index (χ2v) is 8.30. The monoisotopic (exact) mass is 424 g/mol. The Labute approximate surface area is 178 Å². The van der Waals surface area contributed by atoms with Crippen LogP contribution in [0.1, 0.15) is 37.4 Å². The van der Waals surface area contributed by atoms with Crippen molar-refractivity contribution in [3.8, 4) is 0 Å². The van der Waals surface area contributed by atoms with E-state index in [1.807, 2.05) is 37.3 Å². The summed E-state index contributed by atoms with van der Waals surface area (Å²) in [7, 11) is 0. The number of hydrogen-bond acceptors (Lipinski definition) is 5. The van der Waals surface area contributed by atoms with Crippen LogP contribution in [-0.2, 0) is 20.9 Å². The first kappa shape index (κ1) is 20.3. The van der Waals surface area contributed by atoms with Gasteiger partial charge in [-0.15, -0.1) is 0 Å². The zero-order chi connectivity index (χ0) is 21.3. The lowest BCUT2D eigenvalue weighted by molar-refractivity contribution is -0.141. The molecule has 0 N–H and O–H groups in total. The smallest absolute Gasteiger partial charge is 0.338 e. The molecule has 0 radical (unpaired) electrons. The maximum absolute atomic E-state index is 13.5. The van der Waals surface area contributed by atoms with Crippen LogP contribution in [0.2, 0.25) is 0 Å². The van der Waals surface area contributed by atoms with Crippen LogP contribution in [0.4, 0.5) is 4.39 Å². The van der Waals surface area contributed by atoms with Gasteiger partial charge in [-0.3, -0.25) is 9.69 Å². The van der Waals surface area contributed by atoms with Crippen molar-refractivity contribution in [3.63, 3.8) is 0 Å². The Hall–Kier alpha value is -2.93. The number of allylic oxidation sites excluding steroid dienone is 1. The van der Waals surface area contributed by atoms with Gasteiger partial charge in [-0.05, 0) is 36.6 Å². The summed E-state index contributed by atoms with van der Waals surface area (Å²) in [6.45, 7) is 3.80. The number of ether oxygens (including phenoxy) is 1. The van der Waals surface area contributed by atoms with E-state index in [0.717, 1.165) is 5.56 Å². The predicted molar refractivity (Wildman–Crippen MR) is 114 cm³/mol. The van der Waals surface area contributed by atoms with E-state index in [0.29, 0.717) is 28.4 Å². The van der Waals surface area contributed by atoms with Gasteiger partial charge in [0.15, 0.2) is 5.17 Å². The van der Waals surface area contributed by atoms with Gasteiger partial charge < -0.3 is 4.74 Å². The first-order chi connectivity index (χ1) is 14.5. The fraction of sp³-hybridized carbons (Fsp3) is 0.261. The molecule has 2 atom stereocenters. The molecule has 2 aliphatic heterocycles. The normalized spacial score (nSPS) is 20.8. The van der Waals surface area contributed by atoms with Crippen molar-refractivity contribution in [3.05, 3.63) is 82.8 Å². The maximum atomic E-state index is 13.5. The van der Waals surface area contributed by atoms with Gasteiger partial charge in [0.1, 0.15) is 12.4 Å². The van der Waals surface area contributed by atoms with Gasteiger partial charge in [0.2, 0.25) is 5.91 Å². The Balaban J connectivity index is 1.71. The van der Waals surface area contributed by atoms with Crippen molar-refractivity contribution in [2.75, 3.05) is 0 Å². The zero-order valence-electron chi connectivity index (χ0n) is 16.7. The Morgan fingerprint density at radius 3 is 2.53 bits per heavy atom. The van der Waals surface area contributed by atoms with E-state index in [4.69, 9.17) is 4.74 Å². The van der Waals surface area contributed by atoms with Crippen LogP contribution < -0.4 is 0 Å². The minimum atomic E-state index is -0.696. The van der Waals surface area contributed by atoms with Crippen molar-refractivity contribution in [1.82, 2.24) is 4.90 Å². The van der Waals surface area contributed by atoms with Crippen molar-refractivity contribution < 1.29 is 18.7 Å². The molecular weight excluding hydrogens is 403 g/mol. The highest BCUT2D eigenvalue weighted by atomic mass is 32.2. The number of amides is 1. The number of esters is 1. The van der Waals surface area contributed by atoms with Gasteiger partial charge in [-0.1, -0.05) is 61.2 Å². The molecule has 0 saturated carbocycles. The topological polar surface area (TPSA) is 59.0 Å². The SMILES string of the molecule is CC[C@H]1SC2=NC(C)=C(C(=O)OCc3ccccc3)[C@H](c3ccc(F)cc3)N2C1=O. The van der Waals surface area contributed by atoms with Crippen LogP contribution >= 0.6 is 11.8 Å². The van der Waals surface area contributed by atoms with Crippen LogP contribution in [0.25, 0.3) is 0 Å². The molecule has 0 aliphatic carbocycles. The number of carbonyl (C=O) groups is 2.